The van der Waals surface area contributed by atoms with E-state index in [-0.39, 0.29) is 22.7 Å². The summed E-state index contributed by atoms with van der Waals surface area (Å²) in [5, 5.41) is 9.24. The van der Waals surface area contributed by atoms with E-state index in [9.17, 15) is 12.8 Å². The molecule has 7 heteroatoms. The molecule has 2 atom stereocenters. The Kier molecular flexibility index (Phi) is 4.92. The lowest BCUT2D eigenvalue weighted by Gasteiger charge is -2.27. The van der Waals surface area contributed by atoms with Crippen molar-refractivity contribution in [3.8, 4) is 0 Å². The maximum Gasteiger partial charge on any atom is 0.246 e. The molecule has 118 valence electrons. The fraction of sp³-hybridized carbons (Fsp3) is 0.571. The lowest BCUT2D eigenvalue weighted by atomic mass is 10.2. The summed E-state index contributed by atoms with van der Waals surface area (Å²) in [6, 6.07) is 2.06. The van der Waals surface area contributed by atoms with Crippen molar-refractivity contribution >= 4 is 21.6 Å². The van der Waals surface area contributed by atoms with E-state index in [1.807, 2.05) is 13.8 Å². The van der Waals surface area contributed by atoms with Gasteiger partial charge in [-0.1, -0.05) is 18.5 Å². The molecule has 21 heavy (non-hydrogen) atoms. The van der Waals surface area contributed by atoms with Crippen LogP contribution in [0.2, 0.25) is 5.02 Å². The van der Waals surface area contributed by atoms with Crippen LogP contribution in [0, 0.1) is 5.82 Å². The summed E-state index contributed by atoms with van der Waals surface area (Å²) in [7, 11) is -3.97. The maximum absolute atomic E-state index is 14.3. The minimum Gasteiger partial charge on any atom is -0.392 e. The van der Waals surface area contributed by atoms with Crippen LogP contribution in [0.5, 0.6) is 0 Å². The average molecular weight is 336 g/mol. The summed E-state index contributed by atoms with van der Waals surface area (Å²) < 4.78 is 41.3. The molecule has 0 saturated carbocycles. The van der Waals surface area contributed by atoms with Crippen LogP contribution in [-0.2, 0) is 16.6 Å². The largest absolute Gasteiger partial charge is 0.392 e. The number of nitrogens with zero attached hydrogens (tertiary/aromatic N) is 1. The van der Waals surface area contributed by atoms with Crippen molar-refractivity contribution in [2.75, 3.05) is 0 Å². The molecule has 1 N–H and O–H groups in total. The molecule has 0 aliphatic carbocycles. The summed E-state index contributed by atoms with van der Waals surface area (Å²) in [5.74, 6) is -0.921. The van der Waals surface area contributed by atoms with Crippen LogP contribution in [-0.4, -0.2) is 29.9 Å². The summed E-state index contributed by atoms with van der Waals surface area (Å²) in [6.07, 6.45) is 2.21. The SMILES string of the molecule is CCC1CCC(C)N1S(=O)(=O)c1cc(Cl)cc(CO)c1F. The van der Waals surface area contributed by atoms with E-state index in [4.69, 9.17) is 16.7 Å². The van der Waals surface area contributed by atoms with Gasteiger partial charge in [-0.25, -0.2) is 12.8 Å². The first-order valence-corrected chi connectivity index (χ1v) is 8.77. The van der Waals surface area contributed by atoms with Crippen molar-refractivity contribution in [3.05, 3.63) is 28.5 Å². The number of hydrogen-bond donors (Lipinski definition) is 1. The van der Waals surface area contributed by atoms with Crippen LogP contribution in [0.3, 0.4) is 0 Å². The van der Waals surface area contributed by atoms with Crippen LogP contribution in [0.1, 0.15) is 38.7 Å². The fourth-order valence-electron chi connectivity index (χ4n) is 2.90. The van der Waals surface area contributed by atoms with E-state index in [1.54, 1.807) is 0 Å². The van der Waals surface area contributed by atoms with Crippen LogP contribution < -0.4 is 0 Å². The highest BCUT2D eigenvalue weighted by Gasteiger charge is 2.40. The molecular formula is C14H19ClFNO3S. The van der Waals surface area contributed by atoms with E-state index >= 15 is 0 Å². The number of rotatable bonds is 4. The molecular weight excluding hydrogens is 317 g/mol. The molecule has 1 aliphatic heterocycles. The molecule has 1 aliphatic rings. The third-order valence-electron chi connectivity index (χ3n) is 3.99. The summed E-state index contributed by atoms with van der Waals surface area (Å²) in [4.78, 5) is -0.453. The zero-order valence-corrected chi connectivity index (χ0v) is 13.6. The Labute approximate surface area is 129 Å². The van der Waals surface area contributed by atoms with Gasteiger partial charge in [-0.05, 0) is 38.3 Å². The van der Waals surface area contributed by atoms with Crippen molar-refractivity contribution in [1.82, 2.24) is 4.31 Å². The Morgan fingerprint density at radius 2 is 2.10 bits per heavy atom. The molecule has 0 amide bonds. The second-order valence-electron chi connectivity index (χ2n) is 5.36. The number of aliphatic hydroxyl groups excluding tert-OH is 1. The third-order valence-corrected chi connectivity index (χ3v) is 6.27. The molecule has 4 nitrogen and oxygen atoms in total. The first-order chi connectivity index (χ1) is 9.82. The molecule has 2 rings (SSSR count). The molecule has 1 aromatic carbocycles. The zero-order valence-electron chi connectivity index (χ0n) is 12.0. The van der Waals surface area contributed by atoms with Crippen molar-refractivity contribution in [3.63, 3.8) is 0 Å². The monoisotopic (exact) mass is 335 g/mol. The smallest absolute Gasteiger partial charge is 0.246 e. The fourth-order valence-corrected chi connectivity index (χ4v) is 5.29. The highest BCUT2D eigenvalue weighted by Crippen LogP contribution is 2.34. The van der Waals surface area contributed by atoms with Gasteiger partial charge in [-0.3, -0.25) is 0 Å². The highest BCUT2D eigenvalue weighted by molar-refractivity contribution is 7.89. The Bertz CT molecular complexity index is 635. The summed E-state index contributed by atoms with van der Waals surface area (Å²) >= 11 is 5.86. The van der Waals surface area contributed by atoms with Crippen molar-refractivity contribution in [1.29, 1.82) is 0 Å². The van der Waals surface area contributed by atoms with Gasteiger partial charge in [0.1, 0.15) is 10.7 Å². The number of aliphatic hydroxyl groups is 1. The molecule has 0 aromatic heterocycles. The number of benzene rings is 1. The van der Waals surface area contributed by atoms with E-state index in [0.717, 1.165) is 18.9 Å². The maximum atomic E-state index is 14.3. The van der Waals surface area contributed by atoms with Gasteiger partial charge in [0.25, 0.3) is 0 Å². The normalized spacial score (nSPS) is 23.7. The Morgan fingerprint density at radius 3 is 2.67 bits per heavy atom. The topological polar surface area (TPSA) is 57.6 Å². The molecule has 2 unspecified atom stereocenters. The summed E-state index contributed by atoms with van der Waals surface area (Å²) in [6.45, 7) is 3.14. The van der Waals surface area contributed by atoms with E-state index in [0.29, 0.717) is 6.42 Å². The van der Waals surface area contributed by atoms with E-state index in [1.165, 1.54) is 10.4 Å². The summed E-state index contributed by atoms with van der Waals surface area (Å²) in [5.41, 5.74) is -0.110. The minimum atomic E-state index is -3.97. The second kappa shape index (κ2) is 6.20. The van der Waals surface area contributed by atoms with Gasteiger partial charge >= 0.3 is 0 Å². The first kappa shape index (κ1) is 16.7. The molecule has 0 spiro atoms. The van der Waals surface area contributed by atoms with Crippen molar-refractivity contribution < 1.29 is 17.9 Å². The van der Waals surface area contributed by atoms with Crippen LogP contribution >= 0.6 is 11.6 Å². The number of halogens is 2. The molecule has 1 aromatic rings. The lowest BCUT2D eigenvalue weighted by molar-refractivity contribution is 0.274. The lowest BCUT2D eigenvalue weighted by Crippen LogP contribution is -2.40. The highest BCUT2D eigenvalue weighted by atomic mass is 35.5. The van der Waals surface area contributed by atoms with Gasteiger partial charge < -0.3 is 5.11 Å². The number of hydrogen-bond acceptors (Lipinski definition) is 3. The molecule has 1 saturated heterocycles. The minimum absolute atomic E-state index is 0.0962. The van der Waals surface area contributed by atoms with Crippen molar-refractivity contribution in [2.45, 2.75) is 56.7 Å². The molecule has 1 fully saturated rings. The van der Waals surface area contributed by atoms with Gasteiger partial charge in [-0.15, -0.1) is 0 Å². The number of sulfonamides is 1. The van der Waals surface area contributed by atoms with Gasteiger partial charge in [-0.2, -0.15) is 4.31 Å². The average Bonchev–Trinajstić information content (AvgIpc) is 2.82. The third kappa shape index (κ3) is 2.95. The van der Waals surface area contributed by atoms with Crippen LogP contribution in [0.15, 0.2) is 17.0 Å². The van der Waals surface area contributed by atoms with Gasteiger partial charge in [0.2, 0.25) is 10.0 Å². The molecule has 0 bridgehead atoms. The quantitative estimate of drug-likeness (QED) is 0.920. The molecule has 1 heterocycles. The Morgan fingerprint density at radius 1 is 1.43 bits per heavy atom. The van der Waals surface area contributed by atoms with E-state index in [2.05, 4.69) is 0 Å². The predicted molar refractivity (Wildman–Crippen MR) is 79.1 cm³/mol. The van der Waals surface area contributed by atoms with Gasteiger partial charge in [0.15, 0.2) is 0 Å². The second-order valence-corrected chi connectivity index (χ2v) is 7.61. The zero-order chi connectivity index (χ0) is 15.8. The Hall–Kier alpha value is -0.690. The van der Waals surface area contributed by atoms with Gasteiger partial charge in [0, 0.05) is 22.7 Å². The van der Waals surface area contributed by atoms with Crippen molar-refractivity contribution in [2.24, 2.45) is 0 Å². The van der Waals surface area contributed by atoms with Crippen LogP contribution in [0.4, 0.5) is 4.39 Å². The predicted octanol–water partition coefficient (Wildman–Crippen LogP) is 2.92. The van der Waals surface area contributed by atoms with E-state index < -0.39 is 27.3 Å². The Balaban J connectivity index is 2.56. The van der Waals surface area contributed by atoms with Crippen LogP contribution in [0.25, 0.3) is 0 Å². The standard InChI is InChI=1S/C14H19ClFNO3S/c1-3-12-5-4-9(2)17(12)21(19,20)13-7-11(15)6-10(8-18)14(13)16/h6-7,9,12,18H,3-5,8H2,1-2H3. The molecule has 0 radical (unpaired) electrons. The van der Waals surface area contributed by atoms with Gasteiger partial charge in [0.05, 0.1) is 6.61 Å². The first-order valence-electron chi connectivity index (χ1n) is 6.95.